The zero-order chi connectivity index (χ0) is 12.5. The second kappa shape index (κ2) is 4.34. The van der Waals surface area contributed by atoms with Gasteiger partial charge in [0.1, 0.15) is 11.9 Å². The van der Waals surface area contributed by atoms with E-state index in [1.165, 1.54) is 0 Å². The summed E-state index contributed by atoms with van der Waals surface area (Å²) in [6.07, 6.45) is 1.78. The van der Waals surface area contributed by atoms with Crippen LogP contribution in [0.25, 0.3) is 0 Å². The Bertz CT molecular complexity index is 459. The van der Waals surface area contributed by atoms with Crippen LogP contribution in [0.1, 0.15) is 25.0 Å². The third kappa shape index (κ3) is 2.11. The number of aromatic nitrogens is 1. The van der Waals surface area contributed by atoms with Crippen molar-refractivity contribution in [3.05, 3.63) is 23.4 Å². The van der Waals surface area contributed by atoms with Crippen LogP contribution in [0.2, 0.25) is 0 Å². The number of nitrogens with zero attached hydrogens (tertiary/aromatic N) is 3. The van der Waals surface area contributed by atoms with Crippen LogP contribution >= 0.6 is 0 Å². The Morgan fingerprint density at radius 3 is 2.94 bits per heavy atom. The van der Waals surface area contributed by atoms with Gasteiger partial charge in [0, 0.05) is 31.4 Å². The minimum atomic E-state index is -0.00928. The Hall–Kier alpha value is -1.60. The first-order valence-corrected chi connectivity index (χ1v) is 5.90. The Morgan fingerprint density at radius 2 is 2.29 bits per heavy atom. The quantitative estimate of drug-likeness (QED) is 0.793. The fourth-order valence-corrected chi connectivity index (χ4v) is 2.26. The average molecular weight is 230 g/mol. The van der Waals surface area contributed by atoms with E-state index >= 15 is 0 Å². The van der Waals surface area contributed by atoms with Crippen molar-refractivity contribution in [2.24, 2.45) is 0 Å². The topological polar surface area (TPSA) is 52.0 Å². The zero-order valence-electron chi connectivity index (χ0n) is 10.6. The smallest absolute Gasteiger partial charge is 0.147 e. The molecule has 2 heterocycles. The van der Waals surface area contributed by atoms with Crippen LogP contribution < -0.4 is 10.2 Å². The summed E-state index contributed by atoms with van der Waals surface area (Å²) in [5.41, 5.74) is 1.68. The molecule has 0 saturated carbocycles. The first-order valence-electron chi connectivity index (χ1n) is 5.90. The van der Waals surface area contributed by atoms with Crippen molar-refractivity contribution in [2.75, 3.05) is 24.5 Å². The summed E-state index contributed by atoms with van der Waals surface area (Å²) in [6.45, 7) is 9.03. The second-order valence-corrected chi connectivity index (χ2v) is 5.08. The maximum absolute atomic E-state index is 9.27. The van der Waals surface area contributed by atoms with E-state index < -0.39 is 0 Å². The van der Waals surface area contributed by atoms with Gasteiger partial charge in [-0.3, -0.25) is 0 Å². The molecule has 0 bridgehead atoms. The van der Waals surface area contributed by atoms with Crippen molar-refractivity contribution in [1.82, 2.24) is 10.3 Å². The summed E-state index contributed by atoms with van der Waals surface area (Å²) < 4.78 is 0. The fourth-order valence-electron chi connectivity index (χ4n) is 2.26. The minimum absolute atomic E-state index is 0.00928. The molecule has 1 N–H and O–H groups in total. The molecule has 1 aliphatic rings. The van der Waals surface area contributed by atoms with Crippen molar-refractivity contribution >= 4 is 5.82 Å². The van der Waals surface area contributed by atoms with Gasteiger partial charge >= 0.3 is 0 Å². The molecule has 0 amide bonds. The van der Waals surface area contributed by atoms with Crippen molar-refractivity contribution in [3.63, 3.8) is 0 Å². The number of aryl methyl sites for hydroxylation is 1. The lowest BCUT2D eigenvalue weighted by atomic mass is 9.99. The van der Waals surface area contributed by atoms with Gasteiger partial charge in [0.2, 0.25) is 0 Å². The van der Waals surface area contributed by atoms with E-state index in [-0.39, 0.29) is 5.54 Å². The number of nitrogens with one attached hydrogen (secondary N) is 1. The Balaban J connectivity index is 2.46. The van der Waals surface area contributed by atoms with Crippen LogP contribution in [0.3, 0.4) is 0 Å². The molecule has 90 valence electrons. The van der Waals surface area contributed by atoms with Gasteiger partial charge in [0.05, 0.1) is 5.56 Å². The minimum Gasteiger partial charge on any atom is -0.348 e. The largest absolute Gasteiger partial charge is 0.348 e. The molecule has 0 spiro atoms. The molecule has 0 unspecified atom stereocenters. The SMILES string of the molecule is Cc1ccnc(N2CCNCC2(C)C)c1C#N. The van der Waals surface area contributed by atoms with E-state index in [9.17, 15) is 5.26 Å². The summed E-state index contributed by atoms with van der Waals surface area (Å²) in [4.78, 5) is 6.64. The van der Waals surface area contributed by atoms with Gasteiger partial charge in [0.15, 0.2) is 0 Å². The zero-order valence-corrected chi connectivity index (χ0v) is 10.6. The highest BCUT2D eigenvalue weighted by Crippen LogP contribution is 2.27. The molecule has 4 nitrogen and oxygen atoms in total. The van der Waals surface area contributed by atoms with Crippen LogP contribution in [-0.2, 0) is 0 Å². The van der Waals surface area contributed by atoms with Gasteiger partial charge in [-0.1, -0.05) is 0 Å². The first-order chi connectivity index (χ1) is 8.06. The number of piperazine rings is 1. The van der Waals surface area contributed by atoms with Crippen molar-refractivity contribution in [1.29, 1.82) is 5.26 Å². The highest BCUT2D eigenvalue weighted by molar-refractivity contribution is 5.58. The lowest BCUT2D eigenvalue weighted by Crippen LogP contribution is -2.58. The molecular formula is C13H18N4. The summed E-state index contributed by atoms with van der Waals surface area (Å²) in [5, 5.41) is 12.6. The normalized spacial score (nSPS) is 18.8. The van der Waals surface area contributed by atoms with Gasteiger partial charge in [-0.2, -0.15) is 5.26 Å². The third-order valence-electron chi connectivity index (χ3n) is 3.31. The molecule has 0 aliphatic carbocycles. The molecule has 1 aliphatic heterocycles. The van der Waals surface area contributed by atoms with Crippen LogP contribution in [-0.4, -0.2) is 30.2 Å². The molecule has 1 saturated heterocycles. The molecule has 0 radical (unpaired) electrons. The lowest BCUT2D eigenvalue weighted by molar-refractivity contribution is 0.377. The third-order valence-corrected chi connectivity index (χ3v) is 3.31. The van der Waals surface area contributed by atoms with Crippen molar-refractivity contribution in [3.8, 4) is 6.07 Å². The molecule has 4 heteroatoms. The lowest BCUT2D eigenvalue weighted by Gasteiger charge is -2.44. The van der Waals surface area contributed by atoms with Crippen LogP contribution in [0, 0.1) is 18.3 Å². The highest BCUT2D eigenvalue weighted by atomic mass is 15.3. The Labute approximate surface area is 102 Å². The van der Waals surface area contributed by atoms with E-state index in [1.54, 1.807) is 6.20 Å². The van der Waals surface area contributed by atoms with Crippen molar-refractivity contribution in [2.45, 2.75) is 26.3 Å². The summed E-state index contributed by atoms with van der Waals surface area (Å²) in [6, 6.07) is 4.16. The number of pyridine rings is 1. The van der Waals surface area contributed by atoms with Gasteiger partial charge in [0.25, 0.3) is 0 Å². The molecular weight excluding hydrogens is 212 g/mol. The van der Waals surface area contributed by atoms with Gasteiger partial charge in [-0.25, -0.2) is 4.98 Å². The number of hydrogen-bond acceptors (Lipinski definition) is 4. The predicted octanol–water partition coefficient (Wildman–Crippen LogP) is 1.45. The summed E-state index contributed by atoms with van der Waals surface area (Å²) in [5.74, 6) is 0.819. The van der Waals surface area contributed by atoms with E-state index in [4.69, 9.17) is 0 Å². The molecule has 0 atom stereocenters. The van der Waals surface area contributed by atoms with E-state index in [1.807, 2.05) is 13.0 Å². The first kappa shape index (κ1) is 11.9. The Morgan fingerprint density at radius 1 is 1.53 bits per heavy atom. The number of nitriles is 1. The number of hydrogen-bond donors (Lipinski definition) is 1. The van der Waals surface area contributed by atoms with E-state index in [0.29, 0.717) is 5.56 Å². The monoisotopic (exact) mass is 230 g/mol. The maximum Gasteiger partial charge on any atom is 0.147 e. The van der Waals surface area contributed by atoms with E-state index in [2.05, 4.69) is 35.1 Å². The molecule has 1 aromatic rings. The average Bonchev–Trinajstić information content (AvgIpc) is 2.28. The molecule has 1 fully saturated rings. The van der Waals surface area contributed by atoms with Gasteiger partial charge in [-0.15, -0.1) is 0 Å². The Kier molecular flexibility index (Phi) is 3.03. The maximum atomic E-state index is 9.27. The van der Waals surface area contributed by atoms with E-state index in [0.717, 1.165) is 31.0 Å². The molecule has 17 heavy (non-hydrogen) atoms. The standard InChI is InChI=1S/C13H18N4/c1-10-4-5-16-12(11(10)8-14)17-7-6-15-9-13(17,2)3/h4-5,15H,6-7,9H2,1-3H3. The molecule has 0 aromatic carbocycles. The molecule has 2 rings (SSSR count). The number of anilines is 1. The molecule has 1 aromatic heterocycles. The van der Waals surface area contributed by atoms with Crippen LogP contribution in [0.15, 0.2) is 12.3 Å². The predicted molar refractivity (Wildman–Crippen MR) is 68.0 cm³/mol. The second-order valence-electron chi connectivity index (χ2n) is 5.08. The van der Waals surface area contributed by atoms with Gasteiger partial charge < -0.3 is 10.2 Å². The number of rotatable bonds is 1. The highest BCUT2D eigenvalue weighted by Gasteiger charge is 2.32. The van der Waals surface area contributed by atoms with Gasteiger partial charge in [-0.05, 0) is 32.4 Å². The summed E-state index contributed by atoms with van der Waals surface area (Å²) >= 11 is 0. The van der Waals surface area contributed by atoms with Crippen LogP contribution in [0.5, 0.6) is 0 Å². The fraction of sp³-hybridized carbons (Fsp3) is 0.538. The summed E-state index contributed by atoms with van der Waals surface area (Å²) in [7, 11) is 0. The van der Waals surface area contributed by atoms with Crippen LogP contribution in [0.4, 0.5) is 5.82 Å². The van der Waals surface area contributed by atoms with Crippen molar-refractivity contribution < 1.29 is 0 Å².